The number of aliphatic hydroxyl groups is 1. The van der Waals surface area contributed by atoms with E-state index in [1.165, 1.54) is 0 Å². The highest BCUT2D eigenvalue weighted by Crippen LogP contribution is 2.54. The molecule has 8 heteroatoms. The molecule has 2 bridgehead atoms. The first-order chi connectivity index (χ1) is 11.6. The van der Waals surface area contributed by atoms with Crippen LogP contribution in [0.5, 0.6) is 0 Å². The topological polar surface area (TPSA) is 96.3 Å². The van der Waals surface area contributed by atoms with Crippen LogP contribution in [0.3, 0.4) is 0 Å². The highest BCUT2D eigenvalue weighted by atomic mass is 16.5. The highest BCUT2D eigenvalue weighted by Gasteiger charge is 2.62. The van der Waals surface area contributed by atoms with Crippen LogP contribution in [0.15, 0.2) is 11.0 Å². The van der Waals surface area contributed by atoms with Crippen LogP contribution < -0.4 is 5.56 Å². The largest absolute Gasteiger partial charge is 0.396 e. The van der Waals surface area contributed by atoms with Crippen LogP contribution >= 0.6 is 0 Å². The lowest BCUT2D eigenvalue weighted by Crippen LogP contribution is -2.37. The van der Waals surface area contributed by atoms with Gasteiger partial charge in [-0.2, -0.15) is 5.10 Å². The van der Waals surface area contributed by atoms with Crippen molar-refractivity contribution in [3.05, 3.63) is 22.4 Å². The van der Waals surface area contributed by atoms with Gasteiger partial charge in [0.05, 0.1) is 24.4 Å². The van der Waals surface area contributed by atoms with Crippen LogP contribution in [0.1, 0.15) is 18.7 Å². The molecule has 2 N–H and O–H groups in total. The molecule has 3 aliphatic rings. The van der Waals surface area contributed by atoms with Gasteiger partial charge in [-0.15, -0.1) is 0 Å². The predicted molar refractivity (Wildman–Crippen MR) is 85.3 cm³/mol. The van der Waals surface area contributed by atoms with Gasteiger partial charge < -0.3 is 14.8 Å². The monoisotopic (exact) mass is 331 g/mol. The Morgan fingerprint density at radius 1 is 1.54 bits per heavy atom. The van der Waals surface area contributed by atoms with Gasteiger partial charge >= 0.3 is 0 Å². The van der Waals surface area contributed by atoms with Gasteiger partial charge in [-0.05, 0) is 12.8 Å². The maximum atomic E-state index is 12.2. The summed E-state index contributed by atoms with van der Waals surface area (Å²) in [5.41, 5.74) is 0.359. The third-order valence-electron chi connectivity index (χ3n) is 6.09. The molecule has 3 fully saturated rings. The van der Waals surface area contributed by atoms with Gasteiger partial charge in [-0.25, -0.2) is 4.98 Å². The number of aromatic amines is 1. The van der Waals surface area contributed by atoms with Crippen LogP contribution in [-0.2, 0) is 18.3 Å². The molecule has 1 spiro atoms. The van der Waals surface area contributed by atoms with Crippen molar-refractivity contribution in [2.24, 2.45) is 18.9 Å². The number of ether oxygens (including phenoxy) is 1. The van der Waals surface area contributed by atoms with Crippen molar-refractivity contribution >= 4 is 11.0 Å². The van der Waals surface area contributed by atoms with Gasteiger partial charge in [0.1, 0.15) is 11.2 Å². The van der Waals surface area contributed by atoms with Crippen molar-refractivity contribution in [3.8, 4) is 0 Å². The van der Waals surface area contributed by atoms with Crippen molar-refractivity contribution < 1.29 is 9.84 Å². The Morgan fingerprint density at radius 2 is 2.42 bits per heavy atom. The predicted octanol–water partition coefficient (Wildman–Crippen LogP) is -0.372. The molecule has 0 radical (unpaired) electrons. The summed E-state index contributed by atoms with van der Waals surface area (Å²) >= 11 is 0. The second-order valence-corrected chi connectivity index (χ2v) is 7.40. The minimum absolute atomic E-state index is 0.102. The SMILES string of the molecule is Cn1ncc2c(=O)[nH]c(CN3C[C@H]4[C@@H](CO)[C@@H]5CC[C@@]4(C3)O5)nc21. The van der Waals surface area contributed by atoms with E-state index in [9.17, 15) is 9.90 Å². The summed E-state index contributed by atoms with van der Waals surface area (Å²) in [6.07, 6.45) is 3.89. The summed E-state index contributed by atoms with van der Waals surface area (Å²) in [5, 5.41) is 14.3. The number of fused-ring (bicyclic) bond motifs is 2. The van der Waals surface area contributed by atoms with Crippen molar-refractivity contribution in [2.75, 3.05) is 19.7 Å². The Balaban J connectivity index is 1.42. The van der Waals surface area contributed by atoms with Crippen molar-refractivity contribution in [1.82, 2.24) is 24.6 Å². The minimum Gasteiger partial charge on any atom is -0.396 e. The lowest BCUT2D eigenvalue weighted by molar-refractivity contribution is 0.000197. The lowest BCUT2D eigenvalue weighted by atomic mass is 9.74. The molecular formula is C16H21N5O3. The Morgan fingerprint density at radius 3 is 3.25 bits per heavy atom. The molecule has 0 aliphatic carbocycles. The fraction of sp³-hybridized carbons (Fsp3) is 0.688. The summed E-state index contributed by atoms with van der Waals surface area (Å²) in [6.45, 7) is 2.51. The Bertz CT molecular complexity index is 861. The highest BCUT2D eigenvalue weighted by molar-refractivity contribution is 5.72. The lowest BCUT2D eigenvalue weighted by Gasteiger charge is -2.28. The van der Waals surface area contributed by atoms with Gasteiger partial charge in [0.25, 0.3) is 5.56 Å². The summed E-state index contributed by atoms with van der Waals surface area (Å²) in [4.78, 5) is 21.9. The molecule has 0 unspecified atom stereocenters. The summed E-state index contributed by atoms with van der Waals surface area (Å²) in [5.74, 6) is 1.28. The van der Waals surface area contributed by atoms with E-state index in [0.717, 1.165) is 25.9 Å². The number of rotatable bonds is 3. The molecule has 8 nitrogen and oxygen atoms in total. The Labute approximate surface area is 138 Å². The zero-order valence-electron chi connectivity index (χ0n) is 13.6. The third-order valence-corrected chi connectivity index (χ3v) is 6.09. The third kappa shape index (κ3) is 1.87. The normalized spacial score (nSPS) is 35.2. The van der Waals surface area contributed by atoms with E-state index in [4.69, 9.17) is 4.74 Å². The zero-order valence-corrected chi connectivity index (χ0v) is 13.6. The number of hydrogen-bond donors (Lipinski definition) is 2. The molecule has 4 atom stereocenters. The van der Waals surface area contributed by atoms with Crippen molar-refractivity contribution in [2.45, 2.75) is 31.1 Å². The van der Waals surface area contributed by atoms with E-state index in [2.05, 4.69) is 20.0 Å². The molecule has 5 heterocycles. The van der Waals surface area contributed by atoms with Gasteiger partial charge in [0, 0.05) is 38.6 Å². The van der Waals surface area contributed by atoms with Crippen molar-refractivity contribution in [1.29, 1.82) is 0 Å². The standard InChI is InChI=1S/C16H21N5O3/c1-20-14-9(4-17-20)15(23)19-13(18-14)6-21-5-11-10(7-22)12-2-3-16(11,8-21)24-12/h4,10-12,22H,2-3,5-8H2,1H3,(H,18,19,23)/t10-,11+,12+,16+/m1/s1. The van der Waals surface area contributed by atoms with E-state index >= 15 is 0 Å². The van der Waals surface area contributed by atoms with E-state index < -0.39 is 0 Å². The summed E-state index contributed by atoms with van der Waals surface area (Å²) < 4.78 is 7.87. The Hall–Kier alpha value is -1.77. The van der Waals surface area contributed by atoms with Gasteiger partial charge in [-0.1, -0.05) is 0 Å². The van der Waals surface area contributed by atoms with Gasteiger partial charge in [0.2, 0.25) is 0 Å². The average molecular weight is 331 g/mol. The van der Waals surface area contributed by atoms with Crippen LogP contribution in [0, 0.1) is 11.8 Å². The van der Waals surface area contributed by atoms with E-state index in [0.29, 0.717) is 29.3 Å². The number of nitrogens with zero attached hydrogens (tertiary/aromatic N) is 4. The quantitative estimate of drug-likeness (QED) is 0.796. The number of H-pyrrole nitrogens is 1. The molecule has 24 heavy (non-hydrogen) atoms. The number of aromatic nitrogens is 4. The average Bonchev–Trinajstić information content (AvgIpc) is 3.26. The Kier molecular flexibility index (Phi) is 2.96. The molecule has 5 rings (SSSR count). The first kappa shape index (κ1) is 14.6. The molecule has 2 aromatic heterocycles. The van der Waals surface area contributed by atoms with E-state index in [1.807, 2.05) is 0 Å². The van der Waals surface area contributed by atoms with Crippen LogP contribution in [0.2, 0.25) is 0 Å². The number of aryl methyl sites for hydroxylation is 1. The van der Waals surface area contributed by atoms with E-state index in [-0.39, 0.29) is 29.8 Å². The molecule has 3 aliphatic heterocycles. The minimum atomic E-state index is -0.147. The maximum Gasteiger partial charge on any atom is 0.262 e. The zero-order chi connectivity index (χ0) is 16.5. The second kappa shape index (κ2) is 4.87. The first-order valence-corrected chi connectivity index (χ1v) is 8.51. The fourth-order valence-corrected chi connectivity index (χ4v) is 5.02. The summed E-state index contributed by atoms with van der Waals surface area (Å²) in [6, 6.07) is 0. The number of aliphatic hydroxyl groups excluding tert-OH is 1. The number of nitrogens with one attached hydrogen (secondary N) is 1. The van der Waals surface area contributed by atoms with Gasteiger partial charge in [0.15, 0.2) is 5.65 Å². The molecule has 0 amide bonds. The second-order valence-electron chi connectivity index (χ2n) is 7.40. The smallest absolute Gasteiger partial charge is 0.262 e. The molecule has 3 saturated heterocycles. The number of likely N-dealkylation sites (tertiary alicyclic amines) is 1. The molecule has 2 aromatic rings. The fourth-order valence-electron chi connectivity index (χ4n) is 5.02. The van der Waals surface area contributed by atoms with Crippen LogP contribution in [-0.4, -0.2) is 61.2 Å². The molecule has 0 aromatic carbocycles. The molecule has 128 valence electrons. The molecule has 0 saturated carbocycles. The number of hydrogen-bond acceptors (Lipinski definition) is 6. The van der Waals surface area contributed by atoms with Crippen LogP contribution in [0.25, 0.3) is 11.0 Å². The molecular weight excluding hydrogens is 310 g/mol. The summed E-state index contributed by atoms with van der Waals surface area (Å²) in [7, 11) is 1.79. The van der Waals surface area contributed by atoms with Crippen molar-refractivity contribution in [3.63, 3.8) is 0 Å². The maximum absolute atomic E-state index is 12.2. The first-order valence-electron chi connectivity index (χ1n) is 8.51. The van der Waals surface area contributed by atoms with Gasteiger partial charge in [-0.3, -0.25) is 14.4 Å². The van der Waals surface area contributed by atoms with Crippen LogP contribution in [0.4, 0.5) is 0 Å². The van der Waals surface area contributed by atoms with E-state index in [1.54, 1.807) is 17.9 Å².